The van der Waals surface area contributed by atoms with Crippen LogP contribution in [0.2, 0.25) is 0 Å². The molecule has 0 saturated carbocycles. The van der Waals surface area contributed by atoms with Gasteiger partial charge in [-0.15, -0.1) is 0 Å². The van der Waals surface area contributed by atoms with Crippen molar-refractivity contribution in [1.29, 1.82) is 0 Å². The molecule has 8 nitrogen and oxygen atoms in total. The lowest BCUT2D eigenvalue weighted by molar-refractivity contribution is -0.247. The van der Waals surface area contributed by atoms with Gasteiger partial charge in [0.25, 0.3) is 5.89 Å². The molecule has 3 heterocycles. The van der Waals surface area contributed by atoms with E-state index in [1.165, 1.54) is 4.90 Å². The summed E-state index contributed by atoms with van der Waals surface area (Å²) in [7, 11) is 0. The molecule has 2 unspecified atom stereocenters. The first-order valence-corrected chi connectivity index (χ1v) is 7.67. The quantitative estimate of drug-likeness (QED) is 0.910. The Kier molecular flexibility index (Phi) is 4.30. The molecule has 1 amide bonds. The van der Waals surface area contributed by atoms with E-state index in [1.807, 2.05) is 0 Å². The number of ether oxygens (including phenoxy) is 2. The van der Waals surface area contributed by atoms with Gasteiger partial charge < -0.3 is 24.0 Å². The minimum absolute atomic E-state index is 0.184. The van der Waals surface area contributed by atoms with Gasteiger partial charge in [-0.25, -0.2) is 4.79 Å². The summed E-state index contributed by atoms with van der Waals surface area (Å²) in [5.74, 6) is 0.847. The summed E-state index contributed by atoms with van der Waals surface area (Å²) in [6.07, 6.45) is 2.85. The van der Waals surface area contributed by atoms with Crippen LogP contribution in [0, 0.1) is 6.92 Å². The number of likely N-dealkylation sites (tertiary alicyclic amines) is 1. The minimum Gasteiger partial charge on any atom is -0.465 e. The largest absolute Gasteiger partial charge is 0.465 e. The molecule has 0 spiro atoms. The predicted molar refractivity (Wildman–Crippen MR) is 74.2 cm³/mol. The van der Waals surface area contributed by atoms with Gasteiger partial charge in [0.1, 0.15) is 0 Å². The lowest BCUT2D eigenvalue weighted by atomic mass is 9.92. The number of rotatable bonds is 3. The Morgan fingerprint density at radius 2 is 2.32 bits per heavy atom. The van der Waals surface area contributed by atoms with Crippen molar-refractivity contribution in [3.8, 4) is 0 Å². The van der Waals surface area contributed by atoms with E-state index in [0.717, 1.165) is 19.3 Å². The molecule has 0 aromatic carbocycles. The fourth-order valence-corrected chi connectivity index (χ4v) is 3.04. The molecule has 1 N–H and O–H groups in total. The summed E-state index contributed by atoms with van der Waals surface area (Å²) < 4.78 is 17.1. The SMILES string of the molecule is Cc1noc(C2(OC3CCCCO3)CCCN(C(=O)O)C2)n1. The minimum atomic E-state index is -0.964. The molecule has 0 bridgehead atoms. The molecule has 0 aliphatic carbocycles. The Morgan fingerprint density at radius 1 is 1.45 bits per heavy atom. The summed E-state index contributed by atoms with van der Waals surface area (Å²) >= 11 is 0. The van der Waals surface area contributed by atoms with Gasteiger partial charge in [-0.05, 0) is 39.0 Å². The van der Waals surface area contributed by atoms with Crippen LogP contribution in [0.1, 0.15) is 43.8 Å². The number of carbonyl (C=O) groups is 1. The molecule has 122 valence electrons. The second kappa shape index (κ2) is 6.21. The molecule has 2 atom stereocenters. The highest BCUT2D eigenvalue weighted by Gasteiger charge is 2.46. The Morgan fingerprint density at radius 3 is 2.95 bits per heavy atom. The number of carboxylic acid groups (broad SMARTS) is 1. The number of hydrogen-bond acceptors (Lipinski definition) is 6. The van der Waals surface area contributed by atoms with E-state index >= 15 is 0 Å². The van der Waals surface area contributed by atoms with Crippen LogP contribution in [0.15, 0.2) is 4.52 Å². The van der Waals surface area contributed by atoms with Crippen molar-refractivity contribution in [1.82, 2.24) is 15.0 Å². The highest BCUT2D eigenvalue weighted by molar-refractivity contribution is 5.65. The summed E-state index contributed by atoms with van der Waals surface area (Å²) in [5.41, 5.74) is -0.917. The number of piperidine rings is 1. The molecule has 0 radical (unpaired) electrons. The van der Waals surface area contributed by atoms with Gasteiger partial charge in [-0.3, -0.25) is 0 Å². The highest BCUT2D eigenvalue weighted by Crippen LogP contribution is 2.37. The average molecular weight is 311 g/mol. The van der Waals surface area contributed by atoms with E-state index < -0.39 is 11.7 Å². The van der Waals surface area contributed by atoms with Crippen LogP contribution in [-0.2, 0) is 15.1 Å². The third-order valence-electron chi connectivity index (χ3n) is 4.14. The first-order chi connectivity index (χ1) is 10.6. The number of aryl methyl sites for hydroxylation is 1. The summed E-state index contributed by atoms with van der Waals surface area (Å²) in [4.78, 5) is 17.0. The van der Waals surface area contributed by atoms with Gasteiger partial charge in [0.15, 0.2) is 17.7 Å². The summed E-state index contributed by atoms with van der Waals surface area (Å²) in [6, 6.07) is 0. The normalized spacial score (nSPS) is 29.5. The van der Waals surface area contributed by atoms with Crippen molar-refractivity contribution in [2.75, 3.05) is 19.7 Å². The van der Waals surface area contributed by atoms with Crippen LogP contribution in [-0.4, -0.2) is 52.2 Å². The Labute approximate surface area is 128 Å². The summed E-state index contributed by atoms with van der Waals surface area (Å²) in [5, 5.41) is 13.1. The Balaban J connectivity index is 1.85. The monoisotopic (exact) mass is 311 g/mol. The van der Waals surface area contributed by atoms with Gasteiger partial charge in [0.05, 0.1) is 6.54 Å². The molecular formula is C14H21N3O5. The van der Waals surface area contributed by atoms with E-state index in [0.29, 0.717) is 37.7 Å². The van der Waals surface area contributed by atoms with Crippen molar-refractivity contribution < 1.29 is 23.9 Å². The van der Waals surface area contributed by atoms with E-state index in [1.54, 1.807) is 6.92 Å². The Hall–Kier alpha value is -1.67. The van der Waals surface area contributed by atoms with Crippen LogP contribution in [0.4, 0.5) is 4.79 Å². The standard InChI is InChI=1S/C14H21N3O5/c1-10-15-12(22-16-10)14(21-11-5-2-3-8-20-11)6-4-7-17(9-14)13(18)19/h11H,2-9H2,1H3,(H,18,19). The maximum absolute atomic E-state index is 11.3. The van der Waals surface area contributed by atoms with Gasteiger partial charge in [-0.2, -0.15) is 4.98 Å². The van der Waals surface area contributed by atoms with Crippen LogP contribution >= 0.6 is 0 Å². The van der Waals surface area contributed by atoms with Gasteiger partial charge >= 0.3 is 6.09 Å². The van der Waals surface area contributed by atoms with Crippen molar-refractivity contribution >= 4 is 6.09 Å². The van der Waals surface area contributed by atoms with Gasteiger partial charge in [0, 0.05) is 13.2 Å². The molecule has 22 heavy (non-hydrogen) atoms. The number of amides is 1. The lowest BCUT2D eigenvalue weighted by Crippen LogP contribution is -2.51. The first kappa shape index (κ1) is 15.2. The van der Waals surface area contributed by atoms with E-state index in [4.69, 9.17) is 14.0 Å². The van der Waals surface area contributed by atoms with Crippen molar-refractivity contribution in [3.63, 3.8) is 0 Å². The Bertz CT molecular complexity index is 528. The molecule has 8 heteroatoms. The first-order valence-electron chi connectivity index (χ1n) is 7.67. The highest BCUT2D eigenvalue weighted by atomic mass is 16.7. The van der Waals surface area contributed by atoms with E-state index in [-0.39, 0.29) is 12.8 Å². The maximum atomic E-state index is 11.3. The molecule has 2 saturated heterocycles. The molecule has 2 fully saturated rings. The second-order valence-corrected chi connectivity index (χ2v) is 5.86. The molecular weight excluding hydrogens is 290 g/mol. The molecule has 2 aliphatic heterocycles. The third kappa shape index (κ3) is 3.07. The smallest absolute Gasteiger partial charge is 0.407 e. The van der Waals surface area contributed by atoms with Crippen LogP contribution < -0.4 is 0 Å². The zero-order valence-corrected chi connectivity index (χ0v) is 12.7. The molecule has 3 rings (SSSR count). The van der Waals surface area contributed by atoms with E-state index in [2.05, 4.69) is 10.1 Å². The molecule has 1 aromatic rings. The van der Waals surface area contributed by atoms with Crippen molar-refractivity contribution in [2.24, 2.45) is 0 Å². The van der Waals surface area contributed by atoms with Crippen LogP contribution in [0.5, 0.6) is 0 Å². The maximum Gasteiger partial charge on any atom is 0.407 e. The third-order valence-corrected chi connectivity index (χ3v) is 4.14. The topological polar surface area (TPSA) is 97.9 Å². The number of nitrogens with zero attached hydrogens (tertiary/aromatic N) is 3. The average Bonchev–Trinajstić information content (AvgIpc) is 2.96. The van der Waals surface area contributed by atoms with Crippen molar-refractivity contribution in [3.05, 3.63) is 11.7 Å². The number of hydrogen-bond donors (Lipinski definition) is 1. The lowest BCUT2D eigenvalue weighted by Gasteiger charge is -2.41. The number of aromatic nitrogens is 2. The molecule has 1 aromatic heterocycles. The van der Waals surface area contributed by atoms with E-state index in [9.17, 15) is 9.90 Å². The fraction of sp³-hybridized carbons (Fsp3) is 0.786. The summed E-state index contributed by atoms with van der Waals surface area (Å²) in [6.45, 7) is 3.06. The van der Waals surface area contributed by atoms with Gasteiger partial charge in [0.2, 0.25) is 0 Å². The van der Waals surface area contributed by atoms with Crippen molar-refractivity contribution in [2.45, 2.75) is 50.9 Å². The van der Waals surface area contributed by atoms with Gasteiger partial charge in [-0.1, -0.05) is 5.16 Å². The van der Waals surface area contributed by atoms with Crippen LogP contribution in [0.25, 0.3) is 0 Å². The van der Waals surface area contributed by atoms with Crippen LogP contribution in [0.3, 0.4) is 0 Å². The zero-order chi connectivity index (χ0) is 15.6. The second-order valence-electron chi connectivity index (χ2n) is 5.86. The predicted octanol–water partition coefficient (Wildman–Crippen LogP) is 1.89. The fourth-order valence-electron chi connectivity index (χ4n) is 3.04. The molecule has 2 aliphatic rings. The zero-order valence-electron chi connectivity index (χ0n) is 12.7.